The second-order valence-electron chi connectivity index (χ2n) is 6.59. The number of anilines is 1. The van der Waals surface area contributed by atoms with Crippen LogP contribution in [-0.4, -0.2) is 13.0 Å². The minimum atomic E-state index is -0.236. The van der Waals surface area contributed by atoms with Gasteiger partial charge in [0.1, 0.15) is 6.61 Å². The number of benzene rings is 3. The maximum Gasteiger partial charge on any atom is 0.248 e. The molecule has 4 nitrogen and oxygen atoms in total. The van der Waals surface area contributed by atoms with Crippen LogP contribution in [0.2, 0.25) is 5.02 Å². The van der Waals surface area contributed by atoms with Gasteiger partial charge in [0.2, 0.25) is 5.91 Å². The minimum Gasteiger partial charge on any atom is -0.493 e. The molecule has 3 rings (SSSR count). The predicted molar refractivity (Wildman–Crippen MR) is 125 cm³/mol. The zero-order valence-electron chi connectivity index (χ0n) is 16.6. The fourth-order valence-corrected chi connectivity index (χ4v) is 3.62. The van der Waals surface area contributed by atoms with Crippen molar-refractivity contribution >= 4 is 45.2 Å². The number of methoxy groups -OCH3 is 1. The van der Waals surface area contributed by atoms with Gasteiger partial charge in [-0.2, -0.15) is 0 Å². The molecule has 30 heavy (non-hydrogen) atoms. The van der Waals surface area contributed by atoms with E-state index >= 15 is 0 Å². The van der Waals surface area contributed by atoms with Crippen molar-refractivity contribution in [3.8, 4) is 11.5 Å². The van der Waals surface area contributed by atoms with Crippen molar-refractivity contribution in [2.75, 3.05) is 12.4 Å². The summed E-state index contributed by atoms with van der Waals surface area (Å²) >= 11 is 9.49. The van der Waals surface area contributed by atoms with Gasteiger partial charge >= 0.3 is 0 Å². The third kappa shape index (κ3) is 5.88. The van der Waals surface area contributed by atoms with E-state index in [4.69, 9.17) is 21.1 Å². The third-order valence-electron chi connectivity index (χ3n) is 4.35. The average Bonchev–Trinajstić information content (AvgIpc) is 2.74. The van der Waals surface area contributed by atoms with Crippen LogP contribution < -0.4 is 14.8 Å². The number of halogens is 2. The summed E-state index contributed by atoms with van der Waals surface area (Å²) in [6, 6.07) is 18.9. The van der Waals surface area contributed by atoms with E-state index in [0.29, 0.717) is 23.1 Å². The lowest BCUT2D eigenvalue weighted by molar-refractivity contribution is -0.111. The number of carbonyl (C=O) groups is 1. The van der Waals surface area contributed by atoms with Crippen LogP contribution in [0.3, 0.4) is 0 Å². The molecule has 0 fully saturated rings. The van der Waals surface area contributed by atoms with Gasteiger partial charge in [-0.25, -0.2) is 0 Å². The van der Waals surface area contributed by atoms with Crippen molar-refractivity contribution < 1.29 is 14.3 Å². The molecule has 0 saturated carbocycles. The number of ether oxygens (including phenoxy) is 2. The Morgan fingerprint density at radius 1 is 1.13 bits per heavy atom. The van der Waals surface area contributed by atoms with E-state index in [1.807, 2.05) is 49.4 Å². The number of aryl methyl sites for hydroxylation is 1. The van der Waals surface area contributed by atoms with Crippen LogP contribution in [0, 0.1) is 6.92 Å². The normalized spacial score (nSPS) is 10.8. The van der Waals surface area contributed by atoms with Gasteiger partial charge in [0.15, 0.2) is 11.5 Å². The van der Waals surface area contributed by atoms with Crippen LogP contribution in [0.4, 0.5) is 5.69 Å². The summed E-state index contributed by atoms with van der Waals surface area (Å²) in [5.74, 6) is 0.952. The molecule has 154 valence electrons. The number of carbonyl (C=O) groups excluding carboxylic acids is 1. The topological polar surface area (TPSA) is 47.6 Å². The number of amides is 1. The molecule has 1 amide bonds. The first-order valence-electron chi connectivity index (χ1n) is 9.25. The van der Waals surface area contributed by atoms with Crippen molar-refractivity contribution in [1.82, 2.24) is 0 Å². The fraction of sp³-hybridized carbons (Fsp3) is 0.125. The summed E-state index contributed by atoms with van der Waals surface area (Å²) in [5.41, 5.74) is 3.48. The Balaban J connectivity index is 1.71. The van der Waals surface area contributed by atoms with E-state index in [-0.39, 0.29) is 5.91 Å². The van der Waals surface area contributed by atoms with Crippen molar-refractivity contribution in [2.45, 2.75) is 13.5 Å². The molecule has 0 aliphatic heterocycles. The summed E-state index contributed by atoms with van der Waals surface area (Å²) in [6.45, 7) is 2.31. The molecule has 0 radical (unpaired) electrons. The Hall–Kier alpha value is -2.76. The molecule has 1 N–H and O–H groups in total. The molecular weight excluding hydrogens is 466 g/mol. The molecule has 3 aromatic carbocycles. The quantitative estimate of drug-likeness (QED) is 0.380. The van der Waals surface area contributed by atoms with Gasteiger partial charge in [0, 0.05) is 16.8 Å². The molecule has 0 heterocycles. The molecule has 0 bridgehead atoms. The summed E-state index contributed by atoms with van der Waals surface area (Å²) in [7, 11) is 1.58. The van der Waals surface area contributed by atoms with Gasteiger partial charge in [-0.1, -0.05) is 41.9 Å². The minimum absolute atomic E-state index is 0.236. The van der Waals surface area contributed by atoms with E-state index < -0.39 is 0 Å². The number of hydrogen-bond donors (Lipinski definition) is 1. The van der Waals surface area contributed by atoms with E-state index in [1.54, 1.807) is 31.4 Å². The number of rotatable bonds is 7. The Labute approximate surface area is 189 Å². The first-order chi connectivity index (χ1) is 14.5. The second-order valence-corrected chi connectivity index (χ2v) is 7.88. The Morgan fingerprint density at radius 3 is 2.60 bits per heavy atom. The van der Waals surface area contributed by atoms with Gasteiger partial charge in [-0.05, 0) is 76.0 Å². The molecule has 6 heteroatoms. The van der Waals surface area contributed by atoms with Crippen LogP contribution in [-0.2, 0) is 11.4 Å². The van der Waals surface area contributed by atoms with Crippen LogP contribution in [0.1, 0.15) is 16.7 Å². The van der Waals surface area contributed by atoms with Gasteiger partial charge < -0.3 is 14.8 Å². The zero-order valence-corrected chi connectivity index (χ0v) is 19.0. The zero-order chi connectivity index (χ0) is 21.5. The van der Waals surface area contributed by atoms with Crippen molar-refractivity contribution in [2.24, 2.45) is 0 Å². The SMILES string of the molecule is COc1cc(/C=C/C(=O)Nc2ccc(Cl)cc2C)cc(Br)c1OCc1ccccc1. The number of hydrogen-bond acceptors (Lipinski definition) is 3. The highest BCUT2D eigenvalue weighted by Crippen LogP contribution is 2.37. The molecule has 0 spiro atoms. The van der Waals surface area contributed by atoms with Crippen LogP contribution >= 0.6 is 27.5 Å². The summed E-state index contributed by atoms with van der Waals surface area (Å²) in [6.07, 6.45) is 3.19. The van der Waals surface area contributed by atoms with Crippen molar-refractivity contribution in [3.63, 3.8) is 0 Å². The smallest absolute Gasteiger partial charge is 0.248 e. The van der Waals surface area contributed by atoms with Crippen molar-refractivity contribution in [3.05, 3.63) is 92.9 Å². The molecule has 3 aromatic rings. The summed E-state index contributed by atoms with van der Waals surface area (Å²) < 4.78 is 12.2. The van der Waals surface area contributed by atoms with E-state index in [0.717, 1.165) is 26.9 Å². The van der Waals surface area contributed by atoms with Gasteiger partial charge in [-0.3, -0.25) is 4.79 Å². The highest BCUT2D eigenvalue weighted by molar-refractivity contribution is 9.10. The van der Waals surface area contributed by atoms with E-state index in [9.17, 15) is 4.79 Å². The monoisotopic (exact) mass is 485 g/mol. The standard InChI is InChI=1S/C24H21BrClNO3/c1-16-12-19(26)9-10-21(16)27-23(28)11-8-18-13-20(25)24(22(14-18)29-2)30-15-17-6-4-3-5-7-17/h3-14H,15H2,1-2H3,(H,27,28)/b11-8+. The molecule has 0 unspecified atom stereocenters. The predicted octanol–water partition coefficient (Wildman–Crippen LogP) is 6.65. The second kappa shape index (κ2) is 10.3. The van der Waals surface area contributed by atoms with Crippen LogP contribution in [0.15, 0.2) is 71.2 Å². The first-order valence-corrected chi connectivity index (χ1v) is 10.4. The molecule has 0 aliphatic carbocycles. The number of nitrogens with one attached hydrogen (secondary N) is 1. The van der Waals surface area contributed by atoms with Gasteiger partial charge in [0.25, 0.3) is 0 Å². The summed E-state index contributed by atoms with van der Waals surface area (Å²) in [4.78, 5) is 12.3. The van der Waals surface area contributed by atoms with Crippen LogP contribution in [0.5, 0.6) is 11.5 Å². The van der Waals surface area contributed by atoms with Gasteiger partial charge in [-0.15, -0.1) is 0 Å². The van der Waals surface area contributed by atoms with Crippen LogP contribution in [0.25, 0.3) is 6.08 Å². The third-order valence-corrected chi connectivity index (χ3v) is 5.18. The Bertz CT molecular complexity index is 1070. The Morgan fingerprint density at radius 2 is 1.90 bits per heavy atom. The molecule has 0 aliphatic rings. The Kier molecular flexibility index (Phi) is 7.55. The van der Waals surface area contributed by atoms with E-state index in [2.05, 4.69) is 21.2 Å². The maximum atomic E-state index is 12.3. The average molecular weight is 487 g/mol. The van der Waals surface area contributed by atoms with E-state index in [1.165, 1.54) is 6.08 Å². The lowest BCUT2D eigenvalue weighted by atomic mass is 10.1. The fourth-order valence-electron chi connectivity index (χ4n) is 2.82. The van der Waals surface area contributed by atoms with Gasteiger partial charge in [0.05, 0.1) is 11.6 Å². The molecule has 0 atom stereocenters. The molecular formula is C24H21BrClNO3. The summed E-state index contributed by atoms with van der Waals surface area (Å²) in [5, 5.41) is 3.48. The highest BCUT2D eigenvalue weighted by Gasteiger charge is 2.11. The lowest BCUT2D eigenvalue weighted by Gasteiger charge is -2.13. The first kappa shape index (κ1) is 21.9. The lowest BCUT2D eigenvalue weighted by Crippen LogP contribution is -2.08. The highest BCUT2D eigenvalue weighted by atomic mass is 79.9. The molecule has 0 aromatic heterocycles. The van der Waals surface area contributed by atoms with Crippen molar-refractivity contribution in [1.29, 1.82) is 0 Å². The molecule has 0 saturated heterocycles. The maximum absolute atomic E-state index is 12.3. The largest absolute Gasteiger partial charge is 0.493 e.